The monoisotopic (exact) mass is 271 g/mol. The van der Waals surface area contributed by atoms with Crippen LogP contribution in [0, 0.1) is 5.92 Å². The van der Waals surface area contributed by atoms with Crippen LogP contribution < -0.4 is 0 Å². The molecule has 0 spiro atoms. The number of hydrogen-bond acceptors (Lipinski definition) is 4. The Bertz CT molecular complexity index is 626. The molecule has 1 aliphatic rings. The summed E-state index contributed by atoms with van der Waals surface area (Å²) in [6, 6.07) is 9.38. The third-order valence-corrected chi connectivity index (χ3v) is 3.82. The summed E-state index contributed by atoms with van der Waals surface area (Å²) >= 11 is 0. The summed E-state index contributed by atoms with van der Waals surface area (Å²) in [6.45, 7) is 3.55. The fourth-order valence-corrected chi connectivity index (χ4v) is 2.64. The first-order valence-electron chi connectivity index (χ1n) is 6.90. The number of rotatable bonds is 3. The first kappa shape index (κ1) is 13.1. The molecule has 1 atom stereocenters. The van der Waals surface area contributed by atoms with Crippen molar-refractivity contribution in [2.75, 3.05) is 19.6 Å². The van der Waals surface area contributed by atoms with Crippen molar-refractivity contribution in [1.82, 2.24) is 4.90 Å². The van der Waals surface area contributed by atoms with E-state index in [4.69, 9.17) is 4.42 Å². The highest BCUT2D eigenvalue weighted by Crippen LogP contribution is 2.20. The highest BCUT2D eigenvalue weighted by Gasteiger charge is 2.25. The number of ketones is 2. The summed E-state index contributed by atoms with van der Waals surface area (Å²) in [6.07, 6.45) is 0.536. The number of fused-ring (bicyclic) bond motifs is 1. The van der Waals surface area contributed by atoms with Crippen molar-refractivity contribution in [1.29, 1.82) is 0 Å². The number of hydrogen-bond donors (Lipinski definition) is 0. The van der Waals surface area contributed by atoms with Gasteiger partial charge < -0.3 is 4.42 Å². The summed E-state index contributed by atoms with van der Waals surface area (Å²) in [5.41, 5.74) is 0.734. The van der Waals surface area contributed by atoms with Gasteiger partial charge in [0.25, 0.3) is 0 Å². The number of nitrogens with zero attached hydrogens (tertiary/aromatic N) is 1. The quantitative estimate of drug-likeness (QED) is 0.805. The minimum Gasteiger partial charge on any atom is -0.453 e. The van der Waals surface area contributed by atoms with E-state index in [9.17, 15) is 9.59 Å². The van der Waals surface area contributed by atoms with E-state index in [2.05, 4.69) is 0 Å². The molecular weight excluding hydrogens is 254 g/mol. The van der Waals surface area contributed by atoms with Crippen molar-refractivity contribution >= 4 is 22.5 Å². The second-order valence-electron chi connectivity index (χ2n) is 5.42. The van der Waals surface area contributed by atoms with E-state index in [1.165, 1.54) is 0 Å². The number of likely N-dealkylation sites (tertiary alicyclic amines) is 1. The largest absolute Gasteiger partial charge is 0.453 e. The van der Waals surface area contributed by atoms with E-state index in [1.807, 2.05) is 36.1 Å². The Kier molecular flexibility index (Phi) is 3.40. The molecule has 2 aromatic rings. The summed E-state index contributed by atoms with van der Waals surface area (Å²) in [5.74, 6) is 0.683. The summed E-state index contributed by atoms with van der Waals surface area (Å²) in [5, 5.41) is 0.943. The highest BCUT2D eigenvalue weighted by atomic mass is 16.3. The Labute approximate surface area is 117 Å². The molecule has 20 heavy (non-hydrogen) atoms. The van der Waals surface area contributed by atoms with E-state index >= 15 is 0 Å². The smallest absolute Gasteiger partial charge is 0.211 e. The molecule has 1 aromatic heterocycles. The van der Waals surface area contributed by atoms with Crippen LogP contribution in [0.4, 0.5) is 0 Å². The van der Waals surface area contributed by atoms with Crippen molar-refractivity contribution in [3.63, 3.8) is 0 Å². The number of para-hydroxylation sites is 1. The van der Waals surface area contributed by atoms with Crippen LogP contribution in [0.2, 0.25) is 0 Å². The number of piperidine rings is 1. The topological polar surface area (TPSA) is 50.5 Å². The van der Waals surface area contributed by atoms with Gasteiger partial charge in [-0.1, -0.05) is 25.1 Å². The molecule has 1 unspecified atom stereocenters. The lowest BCUT2D eigenvalue weighted by Crippen LogP contribution is -2.42. The zero-order chi connectivity index (χ0) is 14.1. The van der Waals surface area contributed by atoms with E-state index in [0.717, 1.165) is 11.0 Å². The second-order valence-corrected chi connectivity index (χ2v) is 5.42. The van der Waals surface area contributed by atoms with Gasteiger partial charge in [0.1, 0.15) is 11.4 Å². The van der Waals surface area contributed by atoms with Gasteiger partial charge in [-0.3, -0.25) is 14.5 Å². The van der Waals surface area contributed by atoms with Crippen molar-refractivity contribution in [2.45, 2.75) is 13.3 Å². The van der Waals surface area contributed by atoms with Crippen LogP contribution in [0.1, 0.15) is 23.9 Å². The lowest BCUT2D eigenvalue weighted by molar-refractivity contribution is -0.125. The Hall–Kier alpha value is -1.94. The fourth-order valence-electron chi connectivity index (χ4n) is 2.64. The Morgan fingerprint density at radius 2 is 2.20 bits per heavy atom. The number of furan rings is 1. The van der Waals surface area contributed by atoms with Gasteiger partial charge in [0.2, 0.25) is 5.78 Å². The van der Waals surface area contributed by atoms with Crippen LogP contribution in [0.15, 0.2) is 34.7 Å². The molecular formula is C16H17NO3. The molecule has 0 N–H and O–H groups in total. The Morgan fingerprint density at radius 3 is 2.95 bits per heavy atom. The molecule has 104 valence electrons. The molecule has 0 saturated carbocycles. The second kappa shape index (κ2) is 5.21. The standard InChI is InChI=1S/C16H17NO3/c1-11-9-17(7-6-13(11)18)10-14(19)16-8-12-4-2-3-5-15(12)20-16/h2-5,8,11H,6-7,9-10H2,1H3. The Balaban J connectivity index is 1.71. The van der Waals surface area contributed by atoms with Crippen molar-refractivity contribution in [3.8, 4) is 0 Å². The molecule has 1 aliphatic heterocycles. The average molecular weight is 271 g/mol. The molecule has 3 rings (SSSR count). The van der Waals surface area contributed by atoms with E-state index in [1.54, 1.807) is 6.07 Å². The van der Waals surface area contributed by atoms with Gasteiger partial charge in [0, 0.05) is 30.8 Å². The molecule has 2 heterocycles. The van der Waals surface area contributed by atoms with Gasteiger partial charge in [-0.2, -0.15) is 0 Å². The average Bonchev–Trinajstić information content (AvgIpc) is 2.87. The molecule has 4 nitrogen and oxygen atoms in total. The van der Waals surface area contributed by atoms with Crippen LogP contribution in [0.25, 0.3) is 11.0 Å². The zero-order valence-electron chi connectivity index (χ0n) is 11.5. The maximum Gasteiger partial charge on any atom is 0.211 e. The molecule has 0 amide bonds. The number of carbonyl (C=O) groups is 2. The lowest BCUT2D eigenvalue weighted by atomic mass is 9.98. The first-order valence-corrected chi connectivity index (χ1v) is 6.90. The molecule has 0 aliphatic carbocycles. The predicted octanol–water partition coefficient (Wildman–Crippen LogP) is 2.53. The lowest BCUT2D eigenvalue weighted by Gasteiger charge is -2.28. The number of Topliss-reactive ketones (excluding diaryl/α,β-unsaturated/α-hetero) is 2. The minimum atomic E-state index is -0.0252. The van der Waals surface area contributed by atoms with Crippen molar-refractivity contribution in [2.24, 2.45) is 5.92 Å². The predicted molar refractivity (Wildman–Crippen MR) is 75.8 cm³/mol. The first-order chi connectivity index (χ1) is 9.63. The van der Waals surface area contributed by atoms with Crippen LogP contribution in [-0.4, -0.2) is 36.1 Å². The molecule has 4 heteroatoms. The highest BCUT2D eigenvalue weighted by molar-refractivity contribution is 5.98. The maximum atomic E-state index is 12.3. The Morgan fingerprint density at radius 1 is 1.40 bits per heavy atom. The number of carbonyl (C=O) groups excluding carboxylic acids is 2. The molecule has 1 aromatic carbocycles. The van der Waals surface area contributed by atoms with E-state index in [0.29, 0.717) is 31.8 Å². The molecule has 0 bridgehead atoms. The molecule has 1 saturated heterocycles. The summed E-state index contributed by atoms with van der Waals surface area (Å²) in [4.78, 5) is 25.8. The van der Waals surface area contributed by atoms with Crippen LogP contribution in [0.3, 0.4) is 0 Å². The van der Waals surface area contributed by atoms with Crippen LogP contribution in [0.5, 0.6) is 0 Å². The fraction of sp³-hybridized carbons (Fsp3) is 0.375. The van der Waals surface area contributed by atoms with Crippen molar-refractivity contribution < 1.29 is 14.0 Å². The summed E-state index contributed by atoms with van der Waals surface area (Å²) < 4.78 is 5.58. The van der Waals surface area contributed by atoms with E-state index in [-0.39, 0.29) is 17.5 Å². The van der Waals surface area contributed by atoms with Crippen LogP contribution >= 0.6 is 0 Å². The molecule has 1 fully saturated rings. The third kappa shape index (κ3) is 2.51. The van der Waals surface area contributed by atoms with Gasteiger partial charge in [0.15, 0.2) is 5.76 Å². The normalized spacial score (nSPS) is 20.4. The SMILES string of the molecule is CC1CN(CC(=O)c2cc3ccccc3o2)CCC1=O. The van der Waals surface area contributed by atoms with Crippen molar-refractivity contribution in [3.05, 3.63) is 36.1 Å². The van der Waals surface area contributed by atoms with Gasteiger partial charge in [-0.05, 0) is 12.1 Å². The third-order valence-electron chi connectivity index (χ3n) is 3.82. The number of benzene rings is 1. The van der Waals surface area contributed by atoms with Gasteiger partial charge in [-0.25, -0.2) is 0 Å². The van der Waals surface area contributed by atoms with Gasteiger partial charge >= 0.3 is 0 Å². The van der Waals surface area contributed by atoms with Gasteiger partial charge in [-0.15, -0.1) is 0 Å². The zero-order valence-corrected chi connectivity index (χ0v) is 11.5. The van der Waals surface area contributed by atoms with Gasteiger partial charge in [0.05, 0.1) is 6.54 Å². The minimum absolute atomic E-state index is 0.0206. The van der Waals surface area contributed by atoms with Crippen LogP contribution in [-0.2, 0) is 4.79 Å². The molecule has 0 radical (unpaired) electrons. The maximum absolute atomic E-state index is 12.3. The summed E-state index contributed by atoms with van der Waals surface area (Å²) in [7, 11) is 0. The van der Waals surface area contributed by atoms with E-state index < -0.39 is 0 Å².